The third kappa shape index (κ3) is 1.63. The Morgan fingerprint density at radius 1 is 1.50 bits per heavy atom. The van der Waals surface area contributed by atoms with Gasteiger partial charge < -0.3 is 4.90 Å². The van der Waals surface area contributed by atoms with Crippen LogP contribution in [0.2, 0.25) is 5.02 Å². The van der Waals surface area contributed by atoms with Gasteiger partial charge >= 0.3 is 0 Å². The maximum absolute atomic E-state index is 13.9. The van der Waals surface area contributed by atoms with Crippen molar-refractivity contribution in [2.24, 2.45) is 0 Å². The van der Waals surface area contributed by atoms with E-state index < -0.39 is 5.82 Å². The lowest BCUT2D eigenvalue weighted by Gasteiger charge is -2.19. The van der Waals surface area contributed by atoms with Crippen LogP contribution in [0.5, 0.6) is 0 Å². The molecule has 0 radical (unpaired) electrons. The molecule has 1 aromatic carbocycles. The Morgan fingerprint density at radius 3 is 2.94 bits per heavy atom. The number of thiocarbonyl (C=S) groups is 1. The normalized spacial score (nSPS) is 22.9. The molecule has 2 heterocycles. The summed E-state index contributed by atoms with van der Waals surface area (Å²) in [4.78, 5) is 15.3. The summed E-state index contributed by atoms with van der Waals surface area (Å²) >= 11 is 12.9. The van der Waals surface area contributed by atoms with Gasteiger partial charge in [0.25, 0.3) is 5.91 Å². The van der Waals surface area contributed by atoms with E-state index in [1.54, 1.807) is 17.8 Å². The number of hydrogen-bond donors (Lipinski definition) is 0. The third-order valence-corrected chi connectivity index (χ3v) is 4.72. The molecule has 1 amide bonds. The number of hydrogen-bond acceptors (Lipinski definition) is 3. The molecule has 0 bridgehead atoms. The number of carbonyl (C=O) groups excluding carboxylic acids is 1. The zero-order chi connectivity index (χ0) is 12.9. The van der Waals surface area contributed by atoms with Gasteiger partial charge in [-0.2, -0.15) is 0 Å². The quantitative estimate of drug-likeness (QED) is 0.744. The number of nitrogens with zero attached hydrogens (tertiary/aromatic N) is 2. The summed E-state index contributed by atoms with van der Waals surface area (Å²) in [5.74, 6) is 0.614. The smallest absolute Gasteiger partial charge is 0.257 e. The van der Waals surface area contributed by atoms with Crippen molar-refractivity contribution in [3.05, 3.63) is 29.0 Å². The van der Waals surface area contributed by atoms with Crippen LogP contribution < -0.4 is 4.90 Å². The van der Waals surface area contributed by atoms with Gasteiger partial charge in [0.2, 0.25) is 0 Å². The van der Waals surface area contributed by atoms with Crippen LogP contribution in [-0.2, 0) is 4.79 Å². The lowest BCUT2D eigenvalue weighted by atomic mass is 10.2. The zero-order valence-corrected chi connectivity index (χ0v) is 11.5. The standard InChI is InChI=1S/C11H8ClFN2OS2/c12-6-2-1-3-7(13)9(6)15-10(16)8-4-18-5-14(8)11(15)17/h1-3,8H,4-5H2. The van der Waals surface area contributed by atoms with Crippen LogP contribution in [0.25, 0.3) is 0 Å². The molecule has 1 atom stereocenters. The van der Waals surface area contributed by atoms with Gasteiger partial charge in [-0.1, -0.05) is 17.7 Å². The van der Waals surface area contributed by atoms with Crippen LogP contribution in [0, 0.1) is 5.82 Å². The lowest BCUT2D eigenvalue weighted by Crippen LogP contribution is -2.33. The number of rotatable bonds is 1. The van der Waals surface area contributed by atoms with Gasteiger partial charge in [0, 0.05) is 5.75 Å². The first-order chi connectivity index (χ1) is 8.61. The second-order valence-electron chi connectivity index (χ2n) is 4.01. The van der Waals surface area contributed by atoms with Crippen LogP contribution in [0.15, 0.2) is 18.2 Å². The van der Waals surface area contributed by atoms with Gasteiger partial charge in [0.05, 0.1) is 10.9 Å². The van der Waals surface area contributed by atoms with Gasteiger partial charge in [0.1, 0.15) is 17.5 Å². The number of thioether (sulfide) groups is 1. The van der Waals surface area contributed by atoms with Gasteiger partial charge in [-0.3, -0.25) is 9.69 Å². The van der Waals surface area contributed by atoms with Crippen molar-refractivity contribution in [2.45, 2.75) is 6.04 Å². The van der Waals surface area contributed by atoms with E-state index >= 15 is 0 Å². The predicted molar refractivity (Wildman–Crippen MR) is 74.4 cm³/mol. The molecule has 1 unspecified atom stereocenters. The van der Waals surface area contributed by atoms with E-state index in [0.29, 0.717) is 16.7 Å². The van der Waals surface area contributed by atoms with Crippen molar-refractivity contribution in [2.75, 3.05) is 16.5 Å². The molecular formula is C11H8ClFN2OS2. The van der Waals surface area contributed by atoms with Gasteiger partial charge in [-0.05, 0) is 24.4 Å². The number of fused-ring (bicyclic) bond motifs is 1. The average Bonchev–Trinajstić information content (AvgIpc) is 2.88. The van der Waals surface area contributed by atoms with E-state index in [1.165, 1.54) is 17.0 Å². The van der Waals surface area contributed by atoms with Crippen LogP contribution in [0.1, 0.15) is 0 Å². The predicted octanol–water partition coefficient (Wildman–Crippen LogP) is 2.49. The lowest BCUT2D eigenvalue weighted by molar-refractivity contribution is -0.118. The first-order valence-electron chi connectivity index (χ1n) is 5.27. The molecule has 0 N–H and O–H groups in total. The molecule has 2 aliphatic heterocycles. The van der Waals surface area contributed by atoms with Crippen LogP contribution in [0.3, 0.4) is 0 Å². The first-order valence-corrected chi connectivity index (χ1v) is 7.21. The molecule has 2 aliphatic rings. The molecule has 0 aromatic heterocycles. The molecular weight excluding hydrogens is 295 g/mol. The Morgan fingerprint density at radius 2 is 2.28 bits per heavy atom. The van der Waals surface area contributed by atoms with E-state index in [2.05, 4.69) is 0 Å². The Kier molecular flexibility index (Phi) is 2.96. The molecule has 18 heavy (non-hydrogen) atoms. The van der Waals surface area contributed by atoms with Crippen molar-refractivity contribution in [1.82, 2.24) is 4.90 Å². The molecule has 2 fully saturated rings. The van der Waals surface area contributed by atoms with Gasteiger partial charge in [-0.15, -0.1) is 11.8 Å². The summed E-state index contributed by atoms with van der Waals surface area (Å²) < 4.78 is 13.9. The number of para-hydroxylation sites is 1. The maximum Gasteiger partial charge on any atom is 0.257 e. The van der Waals surface area contributed by atoms with Crippen molar-refractivity contribution in [3.8, 4) is 0 Å². The highest BCUT2D eigenvalue weighted by atomic mass is 35.5. The fourth-order valence-electron chi connectivity index (χ4n) is 2.12. The summed E-state index contributed by atoms with van der Waals surface area (Å²) in [5.41, 5.74) is 0.0635. The van der Waals surface area contributed by atoms with Gasteiger partial charge in [0.15, 0.2) is 5.11 Å². The molecule has 0 spiro atoms. The van der Waals surface area contributed by atoms with E-state index in [9.17, 15) is 9.18 Å². The van der Waals surface area contributed by atoms with Crippen molar-refractivity contribution >= 4 is 52.3 Å². The average molecular weight is 303 g/mol. The van der Waals surface area contributed by atoms with E-state index in [-0.39, 0.29) is 22.7 Å². The Labute approximate surface area is 118 Å². The number of anilines is 1. The Balaban J connectivity index is 2.08. The monoisotopic (exact) mass is 302 g/mol. The Hall–Kier alpha value is -0.850. The summed E-state index contributed by atoms with van der Waals surface area (Å²) in [6.45, 7) is 0. The molecule has 1 aromatic rings. The maximum atomic E-state index is 13.9. The summed E-state index contributed by atoms with van der Waals surface area (Å²) in [7, 11) is 0. The summed E-state index contributed by atoms with van der Waals surface area (Å²) in [6.07, 6.45) is 0. The number of carbonyl (C=O) groups is 1. The van der Waals surface area contributed by atoms with Crippen LogP contribution >= 0.6 is 35.6 Å². The topological polar surface area (TPSA) is 23.6 Å². The van der Waals surface area contributed by atoms with Crippen molar-refractivity contribution in [1.29, 1.82) is 0 Å². The Bertz CT molecular complexity index is 512. The van der Waals surface area contributed by atoms with E-state index in [0.717, 1.165) is 0 Å². The minimum atomic E-state index is -0.535. The largest absolute Gasteiger partial charge is 0.326 e. The van der Waals surface area contributed by atoms with E-state index in [1.807, 2.05) is 4.90 Å². The molecule has 3 rings (SSSR count). The van der Waals surface area contributed by atoms with Crippen molar-refractivity contribution < 1.29 is 9.18 Å². The second-order valence-corrected chi connectivity index (χ2v) is 5.78. The summed E-state index contributed by atoms with van der Waals surface area (Å²) in [5, 5.41) is 0.529. The molecule has 0 aliphatic carbocycles. The summed E-state index contributed by atoms with van der Waals surface area (Å²) in [6, 6.07) is 4.04. The van der Waals surface area contributed by atoms with E-state index in [4.69, 9.17) is 23.8 Å². The second kappa shape index (κ2) is 4.36. The highest BCUT2D eigenvalue weighted by molar-refractivity contribution is 7.99. The fourth-order valence-corrected chi connectivity index (χ4v) is 3.97. The molecule has 2 saturated heterocycles. The fraction of sp³-hybridized carbons (Fsp3) is 0.273. The molecule has 0 saturated carbocycles. The van der Waals surface area contributed by atoms with Crippen LogP contribution in [-0.4, -0.2) is 33.6 Å². The molecule has 3 nitrogen and oxygen atoms in total. The highest BCUT2D eigenvalue weighted by Gasteiger charge is 2.47. The zero-order valence-electron chi connectivity index (χ0n) is 9.10. The number of amides is 1. The highest BCUT2D eigenvalue weighted by Crippen LogP contribution is 2.37. The minimum Gasteiger partial charge on any atom is -0.326 e. The molecule has 7 heteroatoms. The van der Waals surface area contributed by atoms with Crippen molar-refractivity contribution in [3.63, 3.8) is 0 Å². The first kappa shape index (κ1) is 12.2. The third-order valence-electron chi connectivity index (χ3n) is 2.99. The SMILES string of the molecule is O=C1C2CSCN2C(=S)N1c1c(F)cccc1Cl. The van der Waals surface area contributed by atoms with Gasteiger partial charge in [-0.25, -0.2) is 4.39 Å². The molecule has 94 valence electrons. The number of benzene rings is 1. The minimum absolute atomic E-state index is 0.0635. The number of halogens is 2. The van der Waals surface area contributed by atoms with Crippen LogP contribution in [0.4, 0.5) is 10.1 Å².